The first-order valence-electron chi connectivity index (χ1n) is 8.33. The summed E-state index contributed by atoms with van der Waals surface area (Å²) in [6.45, 7) is 0. The summed E-state index contributed by atoms with van der Waals surface area (Å²) >= 11 is 7.04. The normalized spacial score (nSPS) is 10.7. The average Bonchev–Trinajstić information content (AvgIpc) is 2.72. The topological polar surface area (TPSA) is 91.0 Å². The number of carbonyl (C=O) groups excluding carboxylic acids is 1. The summed E-state index contributed by atoms with van der Waals surface area (Å²) in [4.78, 5) is 12.4. The van der Waals surface area contributed by atoms with Crippen molar-refractivity contribution >= 4 is 54.5 Å². The summed E-state index contributed by atoms with van der Waals surface area (Å²) in [5.74, 6) is 0.148. The van der Waals surface area contributed by atoms with E-state index in [1.807, 2.05) is 24.3 Å². The van der Waals surface area contributed by atoms with Crippen molar-refractivity contribution in [2.75, 3.05) is 12.8 Å². The van der Waals surface area contributed by atoms with Crippen molar-refractivity contribution in [2.24, 2.45) is 0 Å². The highest BCUT2D eigenvalue weighted by atomic mass is 79.9. The Hall–Kier alpha value is -2.16. The molecule has 1 aliphatic heterocycles. The summed E-state index contributed by atoms with van der Waals surface area (Å²) < 4.78 is 12.4. The van der Waals surface area contributed by atoms with Gasteiger partial charge in [-0.15, -0.1) is 0 Å². The van der Waals surface area contributed by atoms with E-state index in [0.29, 0.717) is 36.9 Å². The van der Waals surface area contributed by atoms with E-state index >= 15 is 0 Å². The Morgan fingerprint density at radius 1 is 1.03 bits per heavy atom. The highest BCUT2D eigenvalue weighted by molar-refractivity contribution is 9.11. The van der Waals surface area contributed by atoms with Gasteiger partial charge in [0.2, 0.25) is 5.36 Å². The maximum Gasteiger partial charge on any atom is 0.338 e. The molecular weight excluding hydrogens is 568 g/mol. The van der Waals surface area contributed by atoms with E-state index in [4.69, 9.17) is 20.3 Å². The number of carbonyl (C=O) groups is 1. The molecule has 4 rings (SSSR count). The van der Waals surface area contributed by atoms with Gasteiger partial charge < -0.3 is 31.9 Å². The van der Waals surface area contributed by atoms with Crippen LogP contribution in [0.2, 0.25) is 0 Å². The van der Waals surface area contributed by atoms with Gasteiger partial charge in [-0.1, -0.05) is 18.2 Å². The molecule has 148 valence electrons. The quantitative estimate of drug-likeness (QED) is 0.208. The van der Waals surface area contributed by atoms with Gasteiger partial charge in [-0.3, -0.25) is 5.41 Å². The van der Waals surface area contributed by atoms with Crippen LogP contribution >= 0.6 is 31.9 Å². The number of ether oxygens (including phenoxy) is 1. The molecule has 0 bridgehead atoms. The number of rotatable bonds is 2. The van der Waals surface area contributed by atoms with E-state index in [2.05, 4.69) is 31.9 Å². The molecule has 0 unspecified atom stereocenters. The maximum atomic E-state index is 12.4. The third-order valence-electron chi connectivity index (χ3n) is 4.60. The zero-order valence-corrected chi connectivity index (χ0v) is 19.9. The number of benzene rings is 3. The molecule has 0 saturated carbocycles. The molecule has 29 heavy (non-hydrogen) atoms. The number of anilines is 1. The molecule has 2 aliphatic rings. The number of fused-ring (bicyclic) bond motifs is 2. The molecule has 0 amide bonds. The lowest BCUT2D eigenvalue weighted by atomic mass is 9.90. The summed E-state index contributed by atoms with van der Waals surface area (Å²) in [5, 5.41) is 7.42. The third-order valence-corrected chi connectivity index (χ3v) is 6.23. The minimum atomic E-state index is -0.415. The second-order valence-corrected chi connectivity index (χ2v) is 7.79. The van der Waals surface area contributed by atoms with Gasteiger partial charge in [0.25, 0.3) is 0 Å². The second kappa shape index (κ2) is 8.30. The fourth-order valence-corrected chi connectivity index (χ4v) is 4.12. The molecule has 8 heteroatoms. The molecule has 0 radical (unpaired) electrons. The van der Waals surface area contributed by atoms with Gasteiger partial charge in [0, 0.05) is 28.3 Å². The van der Waals surface area contributed by atoms with Crippen molar-refractivity contribution in [3.05, 3.63) is 68.4 Å². The zero-order chi connectivity index (χ0) is 20.0. The summed E-state index contributed by atoms with van der Waals surface area (Å²) in [5.41, 5.74) is 10.0. The molecule has 0 saturated heterocycles. The molecule has 5 nitrogen and oxygen atoms in total. The molecular formula is C21H15Br3N2O3. The van der Waals surface area contributed by atoms with Gasteiger partial charge in [0.15, 0.2) is 11.3 Å². The maximum absolute atomic E-state index is 12.4. The first kappa shape index (κ1) is 21.5. The molecule has 0 fully saturated rings. The molecule has 1 heterocycles. The minimum Gasteiger partial charge on any atom is -1.00 e. The van der Waals surface area contributed by atoms with Crippen LogP contribution in [0.3, 0.4) is 0 Å². The van der Waals surface area contributed by atoms with Crippen LogP contribution in [0, 0.1) is 0 Å². The Bertz CT molecular complexity index is 1280. The number of halogens is 3. The molecule has 1 aliphatic carbocycles. The van der Waals surface area contributed by atoms with E-state index in [9.17, 15) is 4.79 Å². The summed E-state index contributed by atoms with van der Waals surface area (Å²) in [7, 11) is 1.37. The monoisotopic (exact) mass is 580 g/mol. The summed E-state index contributed by atoms with van der Waals surface area (Å²) in [6, 6.07) is 14.7. The van der Waals surface area contributed by atoms with Gasteiger partial charge in [-0.2, -0.15) is 0 Å². The largest absolute Gasteiger partial charge is 1.00 e. The standard InChI is InChI=1S/C21H14Br2N2O3.BrH/c1-27-21(26)11-5-3-2-4-10(11)16-12-6-8-14(24)17(22)19(12)28-20-13(16)7-9-15(25)18(20)23;/h2-9,24H,25H2,1H3;1H. The Balaban J connectivity index is 0.00000240. The predicted octanol–water partition coefficient (Wildman–Crippen LogP) is 0.762. The first-order chi connectivity index (χ1) is 13.4. The minimum absolute atomic E-state index is 0. The lowest BCUT2D eigenvalue weighted by Crippen LogP contribution is -3.00. The fraction of sp³-hybridized carbons (Fsp3) is 0.0476. The number of hydrogen-bond acceptors (Lipinski definition) is 4. The molecule has 2 aromatic rings. The molecule has 0 atom stereocenters. The van der Waals surface area contributed by atoms with E-state index in [-0.39, 0.29) is 17.0 Å². The number of esters is 1. The molecule has 2 aromatic carbocycles. The van der Waals surface area contributed by atoms with E-state index in [0.717, 1.165) is 22.1 Å². The van der Waals surface area contributed by atoms with Crippen LogP contribution in [0.15, 0.2) is 61.9 Å². The van der Waals surface area contributed by atoms with Crippen LogP contribution in [0.25, 0.3) is 33.4 Å². The van der Waals surface area contributed by atoms with Crippen molar-refractivity contribution in [1.82, 2.24) is 0 Å². The van der Waals surface area contributed by atoms with Crippen LogP contribution in [0.1, 0.15) is 10.4 Å². The number of nitrogens with two attached hydrogens (primary N) is 2. The van der Waals surface area contributed by atoms with E-state index in [1.54, 1.807) is 24.3 Å². The van der Waals surface area contributed by atoms with Crippen LogP contribution in [-0.2, 0) is 4.74 Å². The molecule has 4 N–H and O–H groups in total. The van der Waals surface area contributed by atoms with Crippen molar-refractivity contribution in [3.8, 4) is 22.5 Å². The van der Waals surface area contributed by atoms with Crippen molar-refractivity contribution < 1.29 is 36.3 Å². The number of hydrogen-bond donors (Lipinski definition) is 2. The van der Waals surface area contributed by atoms with Gasteiger partial charge in [0.1, 0.15) is 4.47 Å². The Labute approximate surface area is 193 Å². The highest BCUT2D eigenvalue weighted by Crippen LogP contribution is 2.45. The second-order valence-electron chi connectivity index (χ2n) is 6.21. The SMILES string of the molecule is COC(=O)c1ccccc1-c1c2ccc(=[NH2+])c(Br)c-2oc2c(Br)c(N)ccc12.[Br-]. The smallest absolute Gasteiger partial charge is 0.338 e. The van der Waals surface area contributed by atoms with E-state index < -0.39 is 5.97 Å². The highest BCUT2D eigenvalue weighted by Gasteiger charge is 2.25. The van der Waals surface area contributed by atoms with Gasteiger partial charge >= 0.3 is 5.97 Å². The number of nitrogen functional groups attached to an aromatic ring is 1. The first-order valence-corrected chi connectivity index (χ1v) is 9.91. The van der Waals surface area contributed by atoms with E-state index in [1.165, 1.54) is 7.11 Å². The van der Waals surface area contributed by atoms with Gasteiger partial charge in [-0.25, -0.2) is 4.79 Å². The molecule has 0 aromatic heterocycles. The zero-order valence-electron chi connectivity index (χ0n) is 15.1. The lowest BCUT2D eigenvalue weighted by molar-refractivity contribution is -0.173. The number of methoxy groups -OCH3 is 1. The average molecular weight is 583 g/mol. The van der Waals surface area contributed by atoms with Crippen molar-refractivity contribution in [1.29, 1.82) is 0 Å². The van der Waals surface area contributed by atoms with Crippen LogP contribution < -0.4 is 33.5 Å². The van der Waals surface area contributed by atoms with Crippen LogP contribution in [0.5, 0.6) is 0 Å². The Kier molecular flexibility index (Phi) is 6.16. The molecule has 0 spiro atoms. The van der Waals surface area contributed by atoms with Crippen molar-refractivity contribution in [3.63, 3.8) is 0 Å². The van der Waals surface area contributed by atoms with Gasteiger partial charge in [-0.05, 0) is 61.7 Å². The lowest BCUT2D eigenvalue weighted by Gasteiger charge is -2.18. The van der Waals surface area contributed by atoms with Crippen LogP contribution in [0.4, 0.5) is 5.69 Å². The predicted molar refractivity (Wildman–Crippen MR) is 114 cm³/mol. The van der Waals surface area contributed by atoms with Crippen molar-refractivity contribution in [2.45, 2.75) is 0 Å². The van der Waals surface area contributed by atoms with Crippen LogP contribution in [-0.4, -0.2) is 13.1 Å². The fourth-order valence-electron chi connectivity index (χ4n) is 3.26. The Morgan fingerprint density at radius 3 is 2.48 bits per heavy atom. The Morgan fingerprint density at radius 2 is 1.76 bits per heavy atom. The summed E-state index contributed by atoms with van der Waals surface area (Å²) in [6.07, 6.45) is 0. The third kappa shape index (κ3) is 3.49. The van der Waals surface area contributed by atoms with Gasteiger partial charge in [0.05, 0.1) is 17.1 Å².